The van der Waals surface area contributed by atoms with Gasteiger partial charge in [-0.3, -0.25) is 4.79 Å². The molecular weight excluding hydrogens is 173 g/mol. The maximum atomic E-state index is 12.7. The molecule has 3 nitrogen and oxygen atoms in total. The number of hydrogen-bond acceptors (Lipinski definition) is 2. The predicted octanol–water partition coefficient (Wildman–Crippen LogP) is 1.08. The SMILES string of the molecule is COc1cc(F)ccc1CNC=O. The van der Waals surface area contributed by atoms with Crippen molar-refractivity contribution in [3.8, 4) is 5.75 Å². The third kappa shape index (κ3) is 2.43. The lowest BCUT2D eigenvalue weighted by atomic mass is 10.2. The topological polar surface area (TPSA) is 38.3 Å². The molecule has 13 heavy (non-hydrogen) atoms. The summed E-state index contributed by atoms with van der Waals surface area (Å²) in [5.41, 5.74) is 0.746. The molecule has 0 unspecified atom stereocenters. The standard InChI is InChI=1S/C9H10FNO2/c1-13-9-4-8(10)3-2-7(9)5-11-6-12/h2-4,6H,5H2,1H3,(H,11,12). The van der Waals surface area contributed by atoms with Crippen LogP contribution in [0.4, 0.5) is 4.39 Å². The van der Waals surface area contributed by atoms with E-state index in [1.165, 1.54) is 19.2 Å². The zero-order chi connectivity index (χ0) is 9.68. The van der Waals surface area contributed by atoms with Crippen LogP contribution in [-0.4, -0.2) is 13.5 Å². The lowest BCUT2D eigenvalue weighted by Crippen LogP contribution is -2.10. The van der Waals surface area contributed by atoms with Gasteiger partial charge in [0.05, 0.1) is 7.11 Å². The van der Waals surface area contributed by atoms with E-state index in [1.54, 1.807) is 6.07 Å². The van der Waals surface area contributed by atoms with Crippen molar-refractivity contribution < 1.29 is 13.9 Å². The number of rotatable bonds is 4. The molecule has 1 aromatic carbocycles. The van der Waals surface area contributed by atoms with Crippen molar-refractivity contribution in [1.29, 1.82) is 0 Å². The fraction of sp³-hybridized carbons (Fsp3) is 0.222. The van der Waals surface area contributed by atoms with E-state index >= 15 is 0 Å². The Morgan fingerprint density at radius 3 is 3.00 bits per heavy atom. The molecule has 0 saturated heterocycles. The summed E-state index contributed by atoms with van der Waals surface area (Å²) < 4.78 is 17.6. The van der Waals surface area contributed by atoms with Crippen molar-refractivity contribution in [1.82, 2.24) is 5.32 Å². The van der Waals surface area contributed by atoms with Gasteiger partial charge in [0, 0.05) is 18.2 Å². The lowest BCUT2D eigenvalue weighted by molar-refractivity contribution is -0.109. The Morgan fingerprint density at radius 1 is 1.62 bits per heavy atom. The molecule has 0 saturated carbocycles. The predicted molar refractivity (Wildman–Crippen MR) is 45.9 cm³/mol. The maximum absolute atomic E-state index is 12.7. The second-order valence-electron chi connectivity index (χ2n) is 2.45. The van der Waals surface area contributed by atoms with Gasteiger partial charge < -0.3 is 10.1 Å². The minimum atomic E-state index is -0.355. The molecule has 4 heteroatoms. The van der Waals surface area contributed by atoms with Crippen LogP contribution in [0, 0.1) is 5.82 Å². The van der Waals surface area contributed by atoms with Crippen LogP contribution in [0.5, 0.6) is 5.75 Å². The average molecular weight is 183 g/mol. The van der Waals surface area contributed by atoms with Crippen LogP contribution >= 0.6 is 0 Å². The van der Waals surface area contributed by atoms with Gasteiger partial charge in [0.25, 0.3) is 0 Å². The average Bonchev–Trinajstić information content (AvgIpc) is 2.16. The third-order valence-electron chi connectivity index (χ3n) is 1.62. The molecule has 0 fully saturated rings. The van der Waals surface area contributed by atoms with Crippen LogP contribution in [0.25, 0.3) is 0 Å². The van der Waals surface area contributed by atoms with E-state index < -0.39 is 0 Å². The second-order valence-corrected chi connectivity index (χ2v) is 2.45. The van der Waals surface area contributed by atoms with Gasteiger partial charge in [0.2, 0.25) is 6.41 Å². The van der Waals surface area contributed by atoms with Crippen LogP contribution in [0.3, 0.4) is 0 Å². The van der Waals surface area contributed by atoms with Crippen LogP contribution in [0.2, 0.25) is 0 Å². The van der Waals surface area contributed by atoms with Gasteiger partial charge in [-0.15, -0.1) is 0 Å². The fourth-order valence-corrected chi connectivity index (χ4v) is 1.02. The van der Waals surface area contributed by atoms with Gasteiger partial charge in [0.15, 0.2) is 0 Å². The lowest BCUT2D eigenvalue weighted by Gasteiger charge is -2.07. The highest BCUT2D eigenvalue weighted by molar-refractivity contribution is 5.47. The normalized spacial score (nSPS) is 9.38. The number of nitrogens with one attached hydrogen (secondary N) is 1. The summed E-state index contributed by atoms with van der Waals surface area (Å²) in [6, 6.07) is 4.18. The molecular formula is C9H10FNO2. The number of methoxy groups -OCH3 is 1. The molecule has 70 valence electrons. The Morgan fingerprint density at radius 2 is 2.38 bits per heavy atom. The summed E-state index contributed by atoms with van der Waals surface area (Å²) >= 11 is 0. The summed E-state index contributed by atoms with van der Waals surface area (Å²) in [5, 5.41) is 2.48. The Balaban J connectivity index is 2.85. The number of carbonyl (C=O) groups excluding carboxylic acids is 1. The third-order valence-corrected chi connectivity index (χ3v) is 1.62. The summed E-state index contributed by atoms with van der Waals surface area (Å²) in [7, 11) is 1.46. The molecule has 0 bridgehead atoms. The van der Waals surface area contributed by atoms with E-state index in [9.17, 15) is 9.18 Å². The van der Waals surface area contributed by atoms with E-state index in [1.807, 2.05) is 0 Å². The van der Waals surface area contributed by atoms with Crippen molar-refractivity contribution in [2.45, 2.75) is 6.54 Å². The first-order valence-electron chi connectivity index (χ1n) is 3.77. The van der Waals surface area contributed by atoms with Gasteiger partial charge in [-0.05, 0) is 6.07 Å². The monoisotopic (exact) mass is 183 g/mol. The van der Waals surface area contributed by atoms with Gasteiger partial charge >= 0.3 is 0 Å². The van der Waals surface area contributed by atoms with Crippen molar-refractivity contribution in [2.75, 3.05) is 7.11 Å². The minimum absolute atomic E-state index is 0.340. The Bertz CT molecular complexity index is 302. The van der Waals surface area contributed by atoms with E-state index in [0.717, 1.165) is 5.56 Å². The van der Waals surface area contributed by atoms with Gasteiger partial charge in [-0.25, -0.2) is 4.39 Å². The molecule has 0 aliphatic heterocycles. The highest BCUT2D eigenvalue weighted by Gasteiger charge is 2.02. The number of ether oxygens (including phenoxy) is 1. The molecule has 0 aliphatic carbocycles. The molecule has 0 aromatic heterocycles. The van der Waals surface area contributed by atoms with Gasteiger partial charge in [-0.1, -0.05) is 6.07 Å². The molecule has 1 amide bonds. The summed E-state index contributed by atoms with van der Waals surface area (Å²) in [4.78, 5) is 10.0. The Hall–Kier alpha value is -1.58. The van der Waals surface area contributed by atoms with Crippen LogP contribution in [0.1, 0.15) is 5.56 Å². The largest absolute Gasteiger partial charge is 0.496 e. The number of halogens is 1. The highest BCUT2D eigenvalue weighted by Crippen LogP contribution is 2.18. The first-order valence-corrected chi connectivity index (χ1v) is 3.77. The molecule has 0 aliphatic rings. The van der Waals surface area contributed by atoms with Crippen molar-refractivity contribution in [2.24, 2.45) is 0 Å². The molecule has 1 rings (SSSR count). The summed E-state index contributed by atoms with van der Waals surface area (Å²) in [6.07, 6.45) is 0.586. The maximum Gasteiger partial charge on any atom is 0.207 e. The van der Waals surface area contributed by atoms with E-state index in [-0.39, 0.29) is 5.82 Å². The van der Waals surface area contributed by atoms with E-state index in [2.05, 4.69) is 5.32 Å². The molecule has 0 spiro atoms. The second kappa shape index (κ2) is 4.45. The molecule has 0 radical (unpaired) electrons. The number of hydrogen-bond donors (Lipinski definition) is 1. The number of amides is 1. The van der Waals surface area contributed by atoms with Gasteiger partial charge in [-0.2, -0.15) is 0 Å². The zero-order valence-corrected chi connectivity index (χ0v) is 7.21. The quantitative estimate of drug-likeness (QED) is 0.709. The number of benzene rings is 1. The first-order chi connectivity index (χ1) is 6.27. The Kier molecular flexibility index (Phi) is 3.25. The summed E-state index contributed by atoms with van der Waals surface area (Å²) in [6.45, 7) is 0.340. The van der Waals surface area contributed by atoms with E-state index in [0.29, 0.717) is 18.7 Å². The zero-order valence-electron chi connectivity index (χ0n) is 7.21. The van der Waals surface area contributed by atoms with E-state index in [4.69, 9.17) is 4.74 Å². The summed E-state index contributed by atoms with van der Waals surface area (Å²) in [5.74, 6) is 0.0843. The minimum Gasteiger partial charge on any atom is -0.496 e. The molecule has 1 aromatic rings. The highest BCUT2D eigenvalue weighted by atomic mass is 19.1. The van der Waals surface area contributed by atoms with Crippen molar-refractivity contribution in [3.05, 3.63) is 29.6 Å². The van der Waals surface area contributed by atoms with Crippen molar-refractivity contribution in [3.63, 3.8) is 0 Å². The van der Waals surface area contributed by atoms with Crippen LogP contribution in [-0.2, 0) is 11.3 Å². The molecule has 0 heterocycles. The fourth-order valence-electron chi connectivity index (χ4n) is 1.02. The van der Waals surface area contributed by atoms with Crippen LogP contribution in [0.15, 0.2) is 18.2 Å². The molecule has 0 atom stereocenters. The van der Waals surface area contributed by atoms with Crippen LogP contribution < -0.4 is 10.1 Å². The van der Waals surface area contributed by atoms with Crippen molar-refractivity contribution >= 4 is 6.41 Å². The first kappa shape index (κ1) is 9.51. The number of carbonyl (C=O) groups is 1. The smallest absolute Gasteiger partial charge is 0.207 e. The van der Waals surface area contributed by atoms with Gasteiger partial charge in [0.1, 0.15) is 11.6 Å². The molecule has 1 N–H and O–H groups in total. The Labute approximate surface area is 75.5 Å².